The van der Waals surface area contributed by atoms with Gasteiger partial charge >= 0.3 is 0 Å². The summed E-state index contributed by atoms with van der Waals surface area (Å²) in [5.41, 5.74) is 2.45. The van der Waals surface area contributed by atoms with Crippen LogP contribution in [0.25, 0.3) is 0 Å². The molecule has 0 saturated heterocycles. The van der Waals surface area contributed by atoms with Crippen LogP contribution in [-0.2, 0) is 0 Å². The third-order valence-electron chi connectivity index (χ3n) is 6.66. The predicted molar refractivity (Wildman–Crippen MR) is 69.3 cm³/mol. The highest BCUT2D eigenvalue weighted by Gasteiger charge is 2.75. The molecule has 17 heavy (non-hydrogen) atoms. The number of hydrogen-bond donors (Lipinski definition) is 1. The molecule has 1 N–H and O–H groups in total. The lowest BCUT2D eigenvalue weighted by atomic mass is 9.48. The van der Waals surface area contributed by atoms with Gasteiger partial charge in [0.2, 0.25) is 0 Å². The van der Waals surface area contributed by atoms with Gasteiger partial charge in [0.1, 0.15) is 0 Å². The summed E-state index contributed by atoms with van der Waals surface area (Å²) in [6.45, 7) is 9.65. The van der Waals surface area contributed by atoms with Crippen molar-refractivity contribution in [1.29, 1.82) is 0 Å². The largest absolute Gasteiger partial charge is 0.411 e. The Hall–Kier alpha value is -0.530. The van der Waals surface area contributed by atoms with Gasteiger partial charge in [0.25, 0.3) is 0 Å². The molecule has 0 aliphatic heterocycles. The van der Waals surface area contributed by atoms with Gasteiger partial charge in [0.15, 0.2) is 0 Å². The second-order valence-electron chi connectivity index (χ2n) is 7.64. The fourth-order valence-corrected chi connectivity index (χ4v) is 5.71. The van der Waals surface area contributed by atoms with Gasteiger partial charge in [-0.2, -0.15) is 0 Å². The van der Waals surface area contributed by atoms with Crippen molar-refractivity contribution in [3.05, 3.63) is 0 Å². The number of oxime groups is 1. The third-order valence-corrected chi connectivity index (χ3v) is 6.66. The number of rotatable bonds is 0. The maximum absolute atomic E-state index is 9.22. The summed E-state index contributed by atoms with van der Waals surface area (Å²) in [5.74, 6) is 1.26. The zero-order valence-corrected chi connectivity index (χ0v) is 11.6. The molecule has 0 bridgehead atoms. The van der Waals surface area contributed by atoms with Crippen molar-refractivity contribution in [2.45, 2.75) is 59.8 Å². The molecule has 3 fully saturated rings. The molecule has 0 heterocycles. The van der Waals surface area contributed by atoms with Gasteiger partial charge in [-0.1, -0.05) is 39.3 Å². The van der Waals surface area contributed by atoms with Gasteiger partial charge in [0.05, 0.1) is 5.71 Å². The standard InChI is InChI=1S/C15H25NO/c1-10-11-8-15(11)13(2,3)6-5-7-14(15,4)9-12(10)16-17/h10-11,17H,5-9H2,1-4H3/b16-12-/t10-,11-,14-,15-/m0/s1. The zero-order chi connectivity index (χ0) is 12.5. The maximum Gasteiger partial charge on any atom is 0.0607 e. The first-order valence-corrected chi connectivity index (χ1v) is 7.09. The van der Waals surface area contributed by atoms with E-state index in [9.17, 15) is 5.21 Å². The minimum atomic E-state index is 0.382. The summed E-state index contributed by atoms with van der Waals surface area (Å²) >= 11 is 0. The van der Waals surface area contributed by atoms with E-state index >= 15 is 0 Å². The van der Waals surface area contributed by atoms with Crippen LogP contribution in [-0.4, -0.2) is 10.9 Å². The summed E-state index contributed by atoms with van der Waals surface area (Å²) in [5, 5.41) is 12.8. The van der Waals surface area contributed by atoms with E-state index in [2.05, 4.69) is 32.9 Å². The Kier molecular flexibility index (Phi) is 2.09. The zero-order valence-electron chi connectivity index (χ0n) is 11.6. The van der Waals surface area contributed by atoms with Gasteiger partial charge in [-0.25, -0.2) is 0 Å². The number of hydrogen-bond acceptors (Lipinski definition) is 2. The molecule has 0 radical (unpaired) electrons. The van der Waals surface area contributed by atoms with Crippen molar-refractivity contribution in [3.63, 3.8) is 0 Å². The van der Waals surface area contributed by atoms with Crippen LogP contribution in [0.15, 0.2) is 5.16 Å². The summed E-state index contributed by atoms with van der Waals surface area (Å²) in [6.07, 6.45) is 6.41. The molecule has 3 saturated carbocycles. The smallest absolute Gasteiger partial charge is 0.0607 e. The number of nitrogens with zero attached hydrogens (tertiary/aromatic N) is 1. The van der Waals surface area contributed by atoms with E-state index in [0.29, 0.717) is 22.2 Å². The lowest BCUT2D eigenvalue weighted by molar-refractivity contribution is -0.0434. The Labute approximate surface area is 104 Å². The van der Waals surface area contributed by atoms with Crippen LogP contribution in [0.3, 0.4) is 0 Å². The highest BCUT2D eigenvalue weighted by molar-refractivity contribution is 5.89. The van der Waals surface area contributed by atoms with Crippen molar-refractivity contribution in [3.8, 4) is 0 Å². The first kappa shape index (κ1) is 11.6. The normalized spacial score (nSPS) is 54.0. The molecule has 1 spiro atoms. The Morgan fingerprint density at radius 1 is 1.24 bits per heavy atom. The topological polar surface area (TPSA) is 32.6 Å². The molecule has 0 amide bonds. The summed E-state index contributed by atoms with van der Waals surface area (Å²) in [4.78, 5) is 0. The Morgan fingerprint density at radius 2 is 1.94 bits per heavy atom. The molecule has 3 aliphatic carbocycles. The van der Waals surface area contributed by atoms with Gasteiger partial charge in [-0.15, -0.1) is 0 Å². The van der Waals surface area contributed by atoms with E-state index in [1.807, 2.05) is 0 Å². The molecule has 0 unspecified atom stereocenters. The van der Waals surface area contributed by atoms with Gasteiger partial charge < -0.3 is 5.21 Å². The van der Waals surface area contributed by atoms with Crippen LogP contribution in [0, 0.1) is 28.1 Å². The third kappa shape index (κ3) is 1.15. The molecule has 0 aromatic heterocycles. The summed E-state index contributed by atoms with van der Waals surface area (Å²) in [7, 11) is 0. The molecule has 0 aromatic carbocycles. The van der Waals surface area contributed by atoms with Crippen LogP contribution < -0.4 is 0 Å². The van der Waals surface area contributed by atoms with E-state index in [-0.39, 0.29) is 0 Å². The van der Waals surface area contributed by atoms with E-state index in [0.717, 1.165) is 18.1 Å². The van der Waals surface area contributed by atoms with E-state index in [1.54, 1.807) is 0 Å². The quantitative estimate of drug-likeness (QED) is 0.498. The monoisotopic (exact) mass is 235 g/mol. The van der Waals surface area contributed by atoms with E-state index < -0.39 is 0 Å². The molecule has 2 nitrogen and oxygen atoms in total. The van der Waals surface area contributed by atoms with Crippen LogP contribution in [0.4, 0.5) is 0 Å². The second-order valence-corrected chi connectivity index (χ2v) is 7.64. The molecule has 0 aromatic rings. The molecule has 96 valence electrons. The summed E-state index contributed by atoms with van der Waals surface area (Å²) in [6, 6.07) is 0. The lowest BCUT2D eigenvalue weighted by Crippen LogP contribution is -2.50. The first-order chi connectivity index (χ1) is 7.88. The molecule has 3 rings (SSSR count). The second kappa shape index (κ2) is 3.07. The van der Waals surface area contributed by atoms with Crippen LogP contribution in [0.1, 0.15) is 59.8 Å². The fourth-order valence-electron chi connectivity index (χ4n) is 5.71. The van der Waals surface area contributed by atoms with E-state index in [4.69, 9.17) is 0 Å². The first-order valence-electron chi connectivity index (χ1n) is 7.09. The molecule has 2 heteroatoms. The van der Waals surface area contributed by atoms with Crippen LogP contribution in [0.5, 0.6) is 0 Å². The maximum atomic E-state index is 9.22. The van der Waals surface area contributed by atoms with Gasteiger partial charge in [0, 0.05) is 5.92 Å². The SMILES string of the molecule is C[C@@H]1/C(=N\O)C[C@]2(C)CCCC(C)(C)[C@@]23C[C@@H]13. The van der Waals surface area contributed by atoms with Crippen LogP contribution >= 0.6 is 0 Å². The van der Waals surface area contributed by atoms with Crippen molar-refractivity contribution in [2.75, 3.05) is 0 Å². The summed E-state index contributed by atoms with van der Waals surface area (Å²) < 4.78 is 0. The molecule has 3 aliphatic rings. The van der Waals surface area contributed by atoms with Gasteiger partial charge in [-0.3, -0.25) is 0 Å². The predicted octanol–water partition coefficient (Wildman–Crippen LogP) is 4.08. The van der Waals surface area contributed by atoms with Gasteiger partial charge in [-0.05, 0) is 47.8 Å². The Morgan fingerprint density at radius 3 is 2.59 bits per heavy atom. The Bertz CT molecular complexity index is 386. The highest BCUT2D eigenvalue weighted by Crippen LogP contribution is 2.80. The Balaban J connectivity index is 2.05. The van der Waals surface area contributed by atoms with E-state index in [1.165, 1.54) is 25.7 Å². The highest BCUT2D eigenvalue weighted by atomic mass is 16.4. The average molecular weight is 235 g/mol. The lowest BCUT2D eigenvalue weighted by Gasteiger charge is -2.56. The minimum absolute atomic E-state index is 0.382. The van der Waals surface area contributed by atoms with Crippen molar-refractivity contribution in [1.82, 2.24) is 0 Å². The minimum Gasteiger partial charge on any atom is -0.411 e. The molecular weight excluding hydrogens is 210 g/mol. The average Bonchev–Trinajstić information content (AvgIpc) is 3.00. The van der Waals surface area contributed by atoms with Crippen molar-refractivity contribution >= 4 is 5.71 Å². The van der Waals surface area contributed by atoms with Crippen molar-refractivity contribution < 1.29 is 5.21 Å². The fraction of sp³-hybridized carbons (Fsp3) is 0.933. The molecule has 4 atom stereocenters. The molecular formula is C15H25NO. The van der Waals surface area contributed by atoms with Crippen molar-refractivity contribution in [2.24, 2.45) is 33.2 Å². The van der Waals surface area contributed by atoms with Crippen LogP contribution in [0.2, 0.25) is 0 Å².